The third kappa shape index (κ3) is 4.45. The Morgan fingerprint density at radius 2 is 2.00 bits per heavy atom. The van der Waals surface area contributed by atoms with Crippen molar-refractivity contribution in [3.63, 3.8) is 0 Å². The van der Waals surface area contributed by atoms with Crippen LogP contribution in [0.3, 0.4) is 0 Å². The van der Waals surface area contributed by atoms with Gasteiger partial charge in [0.1, 0.15) is 11.6 Å². The van der Waals surface area contributed by atoms with Gasteiger partial charge in [0.25, 0.3) is 0 Å². The number of nitrogens with two attached hydrogens (primary N) is 1. The first-order valence-corrected chi connectivity index (χ1v) is 7.09. The van der Waals surface area contributed by atoms with E-state index in [4.69, 9.17) is 5.73 Å². The van der Waals surface area contributed by atoms with Crippen LogP contribution in [0.15, 0.2) is 6.07 Å². The van der Waals surface area contributed by atoms with Crippen molar-refractivity contribution in [3.05, 3.63) is 11.9 Å². The summed E-state index contributed by atoms with van der Waals surface area (Å²) in [7, 11) is 0. The molecule has 1 saturated heterocycles. The molecule has 1 aliphatic heterocycles. The summed E-state index contributed by atoms with van der Waals surface area (Å²) < 4.78 is 37.9. The lowest BCUT2D eigenvalue weighted by Crippen LogP contribution is -2.39. The largest absolute Gasteiger partial charge is 0.451 e. The summed E-state index contributed by atoms with van der Waals surface area (Å²) in [5.74, 6) is -1.24. The fourth-order valence-corrected chi connectivity index (χ4v) is 2.49. The third-order valence-corrected chi connectivity index (χ3v) is 3.48. The van der Waals surface area contributed by atoms with E-state index < -0.39 is 12.0 Å². The smallest absolute Gasteiger partial charge is 0.384 e. The average Bonchev–Trinajstić information content (AvgIpc) is 2.40. The summed E-state index contributed by atoms with van der Waals surface area (Å²) in [6, 6.07) is 1.46. The maximum atomic E-state index is 12.6. The van der Waals surface area contributed by atoms with Crippen LogP contribution < -0.4 is 11.1 Å². The van der Waals surface area contributed by atoms with Gasteiger partial charge in [-0.25, -0.2) is 9.97 Å². The zero-order chi connectivity index (χ0) is 15.5. The molecule has 2 heterocycles. The Balaban J connectivity index is 1.99. The molecule has 0 aromatic carbocycles. The molecule has 8 heteroatoms. The predicted octanol–water partition coefficient (Wildman–Crippen LogP) is 2.36. The molecule has 0 amide bonds. The van der Waals surface area contributed by atoms with Crippen molar-refractivity contribution >= 4 is 11.6 Å². The first-order valence-electron chi connectivity index (χ1n) is 7.09. The van der Waals surface area contributed by atoms with Gasteiger partial charge in [-0.3, -0.25) is 0 Å². The van der Waals surface area contributed by atoms with Gasteiger partial charge in [0.15, 0.2) is 0 Å². The second kappa shape index (κ2) is 6.46. The van der Waals surface area contributed by atoms with E-state index in [9.17, 15) is 13.2 Å². The van der Waals surface area contributed by atoms with E-state index in [1.165, 1.54) is 6.07 Å². The normalized spacial score (nSPS) is 17.9. The summed E-state index contributed by atoms with van der Waals surface area (Å²) in [6.45, 7) is 5.08. The fourth-order valence-electron chi connectivity index (χ4n) is 2.49. The van der Waals surface area contributed by atoms with Crippen LogP contribution >= 0.6 is 0 Å². The number of anilines is 2. The maximum absolute atomic E-state index is 12.6. The van der Waals surface area contributed by atoms with Gasteiger partial charge in [-0.05, 0) is 25.8 Å². The van der Waals surface area contributed by atoms with E-state index in [1.54, 1.807) is 0 Å². The number of nitrogen functional groups attached to an aromatic ring is 1. The van der Waals surface area contributed by atoms with Gasteiger partial charge in [0.2, 0.25) is 5.82 Å². The Labute approximate surface area is 121 Å². The second-order valence-electron chi connectivity index (χ2n) is 5.26. The number of nitrogens with zero attached hydrogens (tertiary/aromatic N) is 3. The van der Waals surface area contributed by atoms with E-state index >= 15 is 0 Å². The molecular formula is C13H20F3N5. The standard InChI is InChI=1S/C13H20F3N5/c1-2-5-21-6-3-9(4-7-21)18-11-8-10(17)19-12(20-11)13(14,15)16/h8-9H,2-7H2,1H3,(H3,17,18,19,20). The van der Waals surface area contributed by atoms with E-state index in [2.05, 4.69) is 27.1 Å². The predicted molar refractivity (Wildman–Crippen MR) is 74.8 cm³/mol. The van der Waals surface area contributed by atoms with Gasteiger partial charge in [-0.15, -0.1) is 0 Å². The highest BCUT2D eigenvalue weighted by Crippen LogP contribution is 2.28. The lowest BCUT2D eigenvalue weighted by Gasteiger charge is -2.32. The van der Waals surface area contributed by atoms with Crippen molar-refractivity contribution in [2.24, 2.45) is 0 Å². The van der Waals surface area contributed by atoms with Crippen LogP contribution in [0.1, 0.15) is 32.0 Å². The molecule has 1 aliphatic rings. The molecule has 0 saturated carbocycles. The van der Waals surface area contributed by atoms with Crippen LogP contribution in [0, 0.1) is 0 Å². The lowest BCUT2D eigenvalue weighted by atomic mass is 10.0. The number of likely N-dealkylation sites (tertiary alicyclic amines) is 1. The molecule has 5 nitrogen and oxygen atoms in total. The minimum Gasteiger partial charge on any atom is -0.384 e. The molecule has 3 N–H and O–H groups in total. The molecule has 2 rings (SSSR count). The molecule has 1 fully saturated rings. The Kier molecular flexibility index (Phi) is 4.87. The SMILES string of the molecule is CCCN1CCC(Nc2cc(N)nc(C(F)(F)F)n2)CC1. The van der Waals surface area contributed by atoms with Crippen LogP contribution in [0.2, 0.25) is 0 Å². The van der Waals surface area contributed by atoms with Crippen molar-refractivity contribution in [1.29, 1.82) is 0 Å². The first kappa shape index (κ1) is 15.8. The van der Waals surface area contributed by atoms with E-state index in [0.29, 0.717) is 0 Å². The summed E-state index contributed by atoms with van der Waals surface area (Å²) in [5, 5.41) is 3.04. The Bertz CT molecular complexity index is 469. The van der Waals surface area contributed by atoms with Crippen molar-refractivity contribution in [1.82, 2.24) is 14.9 Å². The molecule has 21 heavy (non-hydrogen) atoms. The number of halogens is 3. The number of alkyl halides is 3. The van der Waals surface area contributed by atoms with Crippen molar-refractivity contribution < 1.29 is 13.2 Å². The number of piperidine rings is 1. The number of aromatic nitrogens is 2. The molecule has 0 spiro atoms. The average molecular weight is 303 g/mol. The molecule has 1 aromatic rings. The quantitative estimate of drug-likeness (QED) is 0.894. The number of hydrogen-bond donors (Lipinski definition) is 2. The maximum Gasteiger partial charge on any atom is 0.451 e. The molecule has 0 radical (unpaired) electrons. The minimum absolute atomic E-state index is 0.119. The minimum atomic E-state index is -4.59. The van der Waals surface area contributed by atoms with Gasteiger partial charge < -0.3 is 16.0 Å². The summed E-state index contributed by atoms with van der Waals surface area (Å²) in [4.78, 5) is 9.10. The van der Waals surface area contributed by atoms with Crippen LogP contribution in [-0.2, 0) is 6.18 Å². The van der Waals surface area contributed by atoms with E-state index in [-0.39, 0.29) is 17.7 Å². The topological polar surface area (TPSA) is 67.1 Å². The highest BCUT2D eigenvalue weighted by atomic mass is 19.4. The Hall–Kier alpha value is -1.57. The summed E-state index contributed by atoms with van der Waals surface area (Å²) in [5.41, 5.74) is 5.42. The Morgan fingerprint density at radius 3 is 2.57 bits per heavy atom. The fraction of sp³-hybridized carbons (Fsp3) is 0.692. The first-order chi connectivity index (χ1) is 9.88. The molecule has 0 atom stereocenters. The van der Waals surface area contributed by atoms with Gasteiger partial charge in [0, 0.05) is 25.2 Å². The van der Waals surface area contributed by atoms with Gasteiger partial charge in [-0.1, -0.05) is 6.92 Å². The lowest BCUT2D eigenvalue weighted by molar-refractivity contribution is -0.144. The zero-order valence-electron chi connectivity index (χ0n) is 12.0. The highest BCUT2D eigenvalue weighted by molar-refractivity contribution is 5.45. The zero-order valence-corrected chi connectivity index (χ0v) is 12.0. The molecule has 118 valence electrons. The number of nitrogens with one attached hydrogen (secondary N) is 1. The van der Waals surface area contributed by atoms with Crippen molar-refractivity contribution in [2.75, 3.05) is 30.7 Å². The monoisotopic (exact) mass is 303 g/mol. The van der Waals surface area contributed by atoms with Crippen molar-refractivity contribution in [3.8, 4) is 0 Å². The second-order valence-corrected chi connectivity index (χ2v) is 5.26. The van der Waals surface area contributed by atoms with Gasteiger partial charge in [0.05, 0.1) is 0 Å². The van der Waals surface area contributed by atoms with Crippen LogP contribution in [-0.4, -0.2) is 40.5 Å². The van der Waals surface area contributed by atoms with E-state index in [1.807, 2.05) is 0 Å². The van der Waals surface area contributed by atoms with E-state index in [0.717, 1.165) is 38.9 Å². The molecule has 0 bridgehead atoms. The third-order valence-electron chi connectivity index (χ3n) is 3.48. The van der Waals surface area contributed by atoms with Crippen LogP contribution in [0.25, 0.3) is 0 Å². The Morgan fingerprint density at radius 1 is 1.33 bits per heavy atom. The van der Waals surface area contributed by atoms with Crippen LogP contribution in [0.5, 0.6) is 0 Å². The highest BCUT2D eigenvalue weighted by Gasteiger charge is 2.35. The summed E-state index contributed by atoms with van der Waals surface area (Å²) in [6.07, 6.45) is -1.72. The molecule has 0 unspecified atom stereocenters. The molecule has 1 aromatic heterocycles. The molecule has 0 aliphatic carbocycles. The number of rotatable bonds is 4. The van der Waals surface area contributed by atoms with Crippen molar-refractivity contribution in [2.45, 2.75) is 38.4 Å². The van der Waals surface area contributed by atoms with Gasteiger partial charge in [-0.2, -0.15) is 13.2 Å². The van der Waals surface area contributed by atoms with Gasteiger partial charge >= 0.3 is 6.18 Å². The summed E-state index contributed by atoms with van der Waals surface area (Å²) >= 11 is 0. The molecular weight excluding hydrogens is 283 g/mol. The number of hydrogen-bond acceptors (Lipinski definition) is 5. The van der Waals surface area contributed by atoms with Crippen LogP contribution in [0.4, 0.5) is 24.8 Å².